The number of halogens is 2. The van der Waals surface area contributed by atoms with Gasteiger partial charge in [-0.2, -0.15) is 0 Å². The Morgan fingerprint density at radius 1 is 0.892 bits per heavy atom. The fraction of sp³-hybridized carbons (Fsp3) is 0.533. The van der Waals surface area contributed by atoms with E-state index in [9.17, 15) is 14.0 Å². The molecule has 2 aromatic carbocycles. The molecule has 0 spiro atoms. The van der Waals surface area contributed by atoms with Gasteiger partial charge >= 0.3 is 0 Å². The standard InChI is InChI=1S/C30H41ClFN3O2/c1-22(2)17-30(37)35-16-6-14-33(20-23(3)4)13-5-15-34(21-25-19-27(32)11-12-28(25)35)29(36)18-24-7-9-26(31)10-8-24/h7-12,19,22-23H,5-6,13-18,20-21H2,1-4H3. The molecule has 0 saturated carbocycles. The number of carbonyl (C=O) groups is 2. The van der Waals surface area contributed by atoms with Gasteiger partial charge < -0.3 is 14.7 Å². The average molecular weight is 530 g/mol. The third-order valence-corrected chi connectivity index (χ3v) is 6.83. The Kier molecular flexibility index (Phi) is 11.0. The number of hydrogen-bond donors (Lipinski definition) is 0. The molecule has 2 amide bonds. The molecule has 0 fully saturated rings. The lowest BCUT2D eigenvalue weighted by molar-refractivity contribution is -0.131. The molecule has 0 radical (unpaired) electrons. The van der Waals surface area contributed by atoms with Crippen molar-refractivity contribution in [3.05, 3.63) is 64.4 Å². The normalized spacial score (nSPS) is 15.9. The van der Waals surface area contributed by atoms with Crippen molar-refractivity contribution in [2.45, 2.75) is 59.9 Å². The summed E-state index contributed by atoms with van der Waals surface area (Å²) in [6.07, 6.45) is 2.34. The zero-order valence-electron chi connectivity index (χ0n) is 22.7. The summed E-state index contributed by atoms with van der Waals surface area (Å²) in [6.45, 7) is 12.6. The Morgan fingerprint density at radius 3 is 2.22 bits per heavy atom. The molecule has 0 atom stereocenters. The second-order valence-electron chi connectivity index (χ2n) is 10.9. The van der Waals surface area contributed by atoms with Crippen molar-refractivity contribution in [1.82, 2.24) is 9.80 Å². The number of hydrogen-bond acceptors (Lipinski definition) is 3. The van der Waals surface area contributed by atoms with Crippen LogP contribution in [0.1, 0.15) is 58.1 Å². The number of anilines is 1. The van der Waals surface area contributed by atoms with Crippen LogP contribution in [0.2, 0.25) is 5.02 Å². The van der Waals surface area contributed by atoms with E-state index in [2.05, 4.69) is 18.7 Å². The summed E-state index contributed by atoms with van der Waals surface area (Å²) in [5.41, 5.74) is 2.25. The van der Waals surface area contributed by atoms with Gasteiger partial charge in [-0.05, 0) is 79.2 Å². The molecule has 7 heteroatoms. The quantitative estimate of drug-likeness (QED) is 0.448. The van der Waals surface area contributed by atoms with Crippen LogP contribution in [-0.4, -0.2) is 54.3 Å². The molecule has 202 valence electrons. The molecule has 0 unspecified atom stereocenters. The van der Waals surface area contributed by atoms with Crippen LogP contribution >= 0.6 is 11.6 Å². The van der Waals surface area contributed by atoms with Crippen molar-refractivity contribution in [1.29, 1.82) is 0 Å². The summed E-state index contributed by atoms with van der Waals surface area (Å²) >= 11 is 6.02. The Hall–Kier alpha value is -2.44. The Bertz CT molecular complexity index is 1040. The predicted octanol–water partition coefficient (Wildman–Crippen LogP) is 6.18. The number of benzene rings is 2. The average Bonchev–Trinajstić information content (AvgIpc) is 2.81. The molecule has 0 aliphatic carbocycles. The van der Waals surface area contributed by atoms with E-state index in [0.29, 0.717) is 41.7 Å². The zero-order chi connectivity index (χ0) is 26.9. The van der Waals surface area contributed by atoms with Crippen molar-refractivity contribution in [3.63, 3.8) is 0 Å². The van der Waals surface area contributed by atoms with Gasteiger partial charge in [0.1, 0.15) is 5.82 Å². The molecule has 0 saturated heterocycles. The third-order valence-electron chi connectivity index (χ3n) is 6.58. The van der Waals surface area contributed by atoms with Crippen LogP contribution in [0.5, 0.6) is 0 Å². The highest BCUT2D eigenvalue weighted by atomic mass is 35.5. The molecule has 5 nitrogen and oxygen atoms in total. The molecule has 37 heavy (non-hydrogen) atoms. The van der Waals surface area contributed by atoms with Gasteiger partial charge in [-0.15, -0.1) is 0 Å². The van der Waals surface area contributed by atoms with Crippen molar-refractivity contribution >= 4 is 29.1 Å². The first-order chi connectivity index (χ1) is 17.6. The van der Waals surface area contributed by atoms with Gasteiger partial charge in [0.25, 0.3) is 0 Å². The largest absolute Gasteiger partial charge is 0.338 e. The SMILES string of the molecule is CC(C)CC(=O)N1CCCN(CC(C)C)CCCN(C(=O)Cc2ccc(Cl)cc2)Cc2cc(F)ccc21. The van der Waals surface area contributed by atoms with Crippen molar-refractivity contribution in [2.75, 3.05) is 37.6 Å². The summed E-state index contributed by atoms with van der Waals surface area (Å²) in [7, 11) is 0. The first kappa shape index (κ1) is 29.1. The molecular formula is C30H41ClFN3O2. The van der Waals surface area contributed by atoms with E-state index >= 15 is 0 Å². The maximum atomic E-state index is 14.5. The van der Waals surface area contributed by atoms with E-state index in [1.54, 1.807) is 18.2 Å². The van der Waals surface area contributed by atoms with Crippen molar-refractivity contribution in [3.8, 4) is 0 Å². The van der Waals surface area contributed by atoms with Crippen molar-refractivity contribution in [2.24, 2.45) is 11.8 Å². The van der Waals surface area contributed by atoms with Gasteiger partial charge in [-0.1, -0.05) is 51.4 Å². The van der Waals surface area contributed by atoms with E-state index in [4.69, 9.17) is 11.6 Å². The lowest BCUT2D eigenvalue weighted by Gasteiger charge is -2.32. The van der Waals surface area contributed by atoms with E-state index < -0.39 is 0 Å². The summed E-state index contributed by atoms with van der Waals surface area (Å²) in [4.78, 5) is 32.9. The number of amides is 2. The number of nitrogens with zero attached hydrogens (tertiary/aromatic N) is 3. The second kappa shape index (κ2) is 13.9. The summed E-state index contributed by atoms with van der Waals surface area (Å²) in [5, 5.41) is 0.628. The van der Waals surface area contributed by atoms with Crippen molar-refractivity contribution < 1.29 is 14.0 Å². The molecule has 3 rings (SSSR count). The fourth-order valence-corrected chi connectivity index (χ4v) is 5.04. The zero-order valence-corrected chi connectivity index (χ0v) is 23.4. The molecule has 0 bridgehead atoms. The first-order valence-electron chi connectivity index (χ1n) is 13.5. The Labute approximate surface area is 226 Å². The summed E-state index contributed by atoms with van der Waals surface area (Å²) < 4.78 is 14.5. The van der Waals surface area contributed by atoms with Gasteiger partial charge in [0.2, 0.25) is 11.8 Å². The van der Waals surface area contributed by atoms with E-state index in [-0.39, 0.29) is 36.5 Å². The molecule has 0 aromatic heterocycles. The predicted molar refractivity (Wildman–Crippen MR) is 149 cm³/mol. The van der Waals surface area contributed by atoms with Crippen LogP contribution in [0.25, 0.3) is 0 Å². The van der Waals surface area contributed by atoms with Gasteiger partial charge in [-0.3, -0.25) is 9.59 Å². The lowest BCUT2D eigenvalue weighted by atomic mass is 10.1. The molecule has 0 N–H and O–H groups in total. The Morgan fingerprint density at radius 2 is 1.57 bits per heavy atom. The fourth-order valence-electron chi connectivity index (χ4n) is 4.92. The summed E-state index contributed by atoms with van der Waals surface area (Å²) in [6, 6.07) is 11.9. The summed E-state index contributed by atoms with van der Waals surface area (Å²) in [5.74, 6) is 0.389. The molecule has 1 aliphatic heterocycles. The van der Waals surface area contributed by atoms with Gasteiger partial charge in [0.05, 0.1) is 6.42 Å². The van der Waals surface area contributed by atoms with E-state index in [1.165, 1.54) is 12.1 Å². The minimum atomic E-state index is -0.365. The highest BCUT2D eigenvalue weighted by molar-refractivity contribution is 6.30. The smallest absolute Gasteiger partial charge is 0.227 e. The maximum Gasteiger partial charge on any atom is 0.227 e. The van der Waals surface area contributed by atoms with Crippen LogP contribution < -0.4 is 4.90 Å². The minimum absolute atomic E-state index is 0.0231. The van der Waals surface area contributed by atoms with Gasteiger partial charge in [0.15, 0.2) is 0 Å². The second-order valence-corrected chi connectivity index (χ2v) is 11.4. The minimum Gasteiger partial charge on any atom is -0.338 e. The highest BCUT2D eigenvalue weighted by Crippen LogP contribution is 2.26. The van der Waals surface area contributed by atoms with Crippen LogP contribution in [0.15, 0.2) is 42.5 Å². The van der Waals surface area contributed by atoms with Crippen LogP contribution in [0.3, 0.4) is 0 Å². The number of carbonyl (C=O) groups excluding carboxylic acids is 2. The van der Waals surface area contributed by atoms with Crippen LogP contribution in [0, 0.1) is 17.7 Å². The molecule has 2 aromatic rings. The molecule has 1 aliphatic rings. The van der Waals surface area contributed by atoms with Gasteiger partial charge in [-0.25, -0.2) is 4.39 Å². The monoisotopic (exact) mass is 529 g/mol. The maximum absolute atomic E-state index is 14.5. The topological polar surface area (TPSA) is 43.9 Å². The van der Waals surface area contributed by atoms with E-state index in [0.717, 1.165) is 38.0 Å². The highest BCUT2D eigenvalue weighted by Gasteiger charge is 2.24. The van der Waals surface area contributed by atoms with Crippen LogP contribution in [-0.2, 0) is 22.6 Å². The lowest BCUT2D eigenvalue weighted by Crippen LogP contribution is -2.40. The van der Waals surface area contributed by atoms with E-state index in [1.807, 2.05) is 35.8 Å². The number of fused-ring (bicyclic) bond motifs is 1. The third kappa shape index (κ3) is 9.11. The Balaban J connectivity index is 1.95. The van der Waals surface area contributed by atoms with Gasteiger partial charge in [0, 0.05) is 43.3 Å². The van der Waals surface area contributed by atoms with Crippen LogP contribution in [0.4, 0.5) is 10.1 Å². The first-order valence-corrected chi connectivity index (χ1v) is 13.8. The molecular weight excluding hydrogens is 489 g/mol. The number of rotatable bonds is 6. The molecule has 1 heterocycles.